The number of esters is 1. The number of carbonyl (C=O) groups is 4. The van der Waals surface area contributed by atoms with Crippen molar-refractivity contribution in [1.29, 1.82) is 0 Å². The number of imide groups is 1. The fourth-order valence-corrected chi connectivity index (χ4v) is 3.40. The van der Waals surface area contributed by atoms with E-state index in [1.54, 1.807) is 11.8 Å². The molecule has 1 aliphatic heterocycles. The third-order valence-electron chi connectivity index (χ3n) is 4.49. The molecular formula is C18H20N2O5S. The molecule has 138 valence electrons. The monoisotopic (exact) mass is 376 g/mol. The zero-order chi connectivity index (χ0) is 18.8. The van der Waals surface area contributed by atoms with E-state index in [0.29, 0.717) is 17.7 Å². The lowest BCUT2D eigenvalue weighted by Crippen LogP contribution is -2.42. The summed E-state index contributed by atoms with van der Waals surface area (Å²) in [5, 5.41) is 2.65. The van der Waals surface area contributed by atoms with Gasteiger partial charge in [-0.25, -0.2) is 4.79 Å². The summed E-state index contributed by atoms with van der Waals surface area (Å²) in [4.78, 5) is 50.5. The van der Waals surface area contributed by atoms with Gasteiger partial charge in [0.05, 0.1) is 18.2 Å². The first-order valence-corrected chi connectivity index (χ1v) is 9.77. The van der Waals surface area contributed by atoms with E-state index in [0.717, 1.165) is 12.8 Å². The molecule has 1 fully saturated rings. The first-order valence-electron chi connectivity index (χ1n) is 8.37. The maximum absolute atomic E-state index is 12.5. The lowest BCUT2D eigenvalue weighted by atomic mass is 10.0. The third-order valence-corrected chi connectivity index (χ3v) is 5.14. The fraction of sp³-hybridized carbons (Fsp3) is 0.444. The van der Waals surface area contributed by atoms with Gasteiger partial charge in [-0.3, -0.25) is 19.3 Å². The minimum absolute atomic E-state index is 0.0186. The summed E-state index contributed by atoms with van der Waals surface area (Å²) in [6, 6.07) is 3.65. The number of fused-ring (bicyclic) bond motifs is 1. The Balaban J connectivity index is 1.78. The second-order valence-corrected chi connectivity index (χ2v) is 7.29. The molecule has 1 aromatic rings. The number of carbonyl (C=O) groups excluding carboxylic acids is 4. The van der Waals surface area contributed by atoms with E-state index in [1.165, 1.54) is 30.2 Å². The van der Waals surface area contributed by atoms with Crippen LogP contribution >= 0.6 is 11.8 Å². The van der Waals surface area contributed by atoms with Gasteiger partial charge in [-0.15, -0.1) is 0 Å². The number of thioether (sulfide) groups is 1. The van der Waals surface area contributed by atoms with Crippen LogP contribution in [0.15, 0.2) is 18.2 Å². The molecule has 26 heavy (non-hydrogen) atoms. The van der Waals surface area contributed by atoms with Gasteiger partial charge in [-0.2, -0.15) is 11.8 Å². The summed E-state index contributed by atoms with van der Waals surface area (Å²) >= 11 is 1.56. The molecule has 1 aromatic carbocycles. The highest BCUT2D eigenvalue weighted by Gasteiger charge is 2.44. The number of ether oxygens (including phenoxy) is 1. The summed E-state index contributed by atoms with van der Waals surface area (Å²) in [5.41, 5.74) is 0.805. The maximum atomic E-state index is 12.5. The summed E-state index contributed by atoms with van der Waals surface area (Å²) < 4.78 is 4.73. The number of hydrogen-bond acceptors (Lipinski definition) is 6. The molecule has 3 rings (SSSR count). The van der Waals surface area contributed by atoms with E-state index >= 15 is 0 Å². The van der Waals surface area contributed by atoms with Crippen molar-refractivity contribution in [3.8, 4) is 0 Å². The SMILES string of the molecule is COC(=O)C(CCSC)NC(=O)c1ccc2c(c1)C(=O)N(C1CC1)C2=O. The summed E-state index contributed by atoms with van der Waals surface area (Å²) in [6.45, 7) is 0. The van der Waals surface area contributed by atoms with Gasteiger partial charge in [0.15, 0.2) is 0 Å². The van der Waals surface area contributed by atoms with E-state index < -0.39 is 17.9 Å². The molecule has 0 aromatic heterocycles. The molecule has 0 saturated heterocycles. The Morgan fingerprint density at radius 3 is 2.58 bits per heavy atom. The molecule has 1 aliphatic carbocycles. The molecule has 3 amide bonds. The quantitative estimate of drug-likeness (QED) is 0.572. The van der Waals surface area contributed by atoms with Crippen LogP contribution in [0.2, 0.25) is 0 Å². The first kappa shape index (κ1) is 18.4. The molecule has 0 radical (unpaired) electrons. The van der Waals surface area contributed by atoms with Crippen LogP contribution < -0.4 is 5.32 Å². The number of benzene rings is 1. The second-order valence-electron chi connectivity index (χ2n) is 6.30. The van der Waals surface area contributed by atoms with Crippen LogP contribution in [-0.4, -0.2) is 59.8 Å². The number of nitrogens with one attached hydrogen (secondary N) is 1. The smallest absolute Gasteiger partial charge is 0.328 e. The predicted molar refractivity (Wildman–Crippen MR) is 96.2 cm³/mol. The summed E-state index contributed by atoms with van der Waals surface area (Å²) in [6.07, 6.45) is 4.01. The molecule has 7 nitrogen and oxygen atoms in total. The van der Waals surface area contributed by atoms with Gasteiger partial charge in [0.1, 0.15) is 6.04 Å². The highest BCUT2D eigenvalue weighted by Crippen LogP contribution is 2.34. The van der Waals surface area contributed by atoms with Crippen LogP contribution in [0.4, 0.5) is 0 Å². The van der Waals surface area contributed by atoms with E-state index in [4.69, 9.17) is 4.74 Å². The molecule has 1 saturated carbocycles. The van der Waals surface area contributed by atoms with Gasteiger partial charge in [0.25, 0.3) is 17.7 Å². The molecule has 0 spiro atoms. The summed E-state index contributed by atoms with van der Waals surface area (Å²) in [5.74, 6) is -0.955. The second kappa shape index (κ2) is 7.49. The van der Waals surface area contributed by atoms with Crippen molar-refractivity contribution in [2.45, 2.75) is 31.3 Å². The van der Waals surface area contributed by atoms with Crippen molar-refractivity contribution in [2.24, 2.45) is 0 Å². The molecule has 1 unspecified atom stereocenters. The Labute approximate surface area is 155 Å². The number of amides is 3. The normalized spacial score (nSPS) is 17.1. The topological polar surface area (TPSA) is 92.8 Å². The van der Waals surface area contributed by atoms with Crippen LogP contribution in [0.3, 0.4) is 0 Å². The minimum atomic E-state index is -0.756. The minimum Gasteiger partial charge on any atom is -0.467 e. The average Bonchev–Trinajstić information content (AvgIpc) is 3.45. The van der Waals surface area contributed by atoms with Crippen molar-refractivity contribution in [3.63, 3.8) is 0 Å². The van der Waals surface area contributed by atoms with Gasteiger partial charge in [0.2, 0.25) is 0 Å². The number of methoxy groups -OCH3 is 1. The Hall–Kier alpha value is -2.35. The highest BCUT2D eigenvalue weighted by molar-refractivity contribution is 7.98. The van der Waals surface area contributed by atoms with Crippen LogP contribution in [0.25, 0.3) is 0 Å². The molecule has 1 atom stereocenters. The van der Waals surface area contributed by atoms with E-state index in [9.17, 15) is 19.2 Å². The van der Waals surface area contributed by atoms with Crippen molar-refractivity contribution in [1.82, 2.24) is 10.2 Å². The maximum Gasteiger partial charge on any atom is 0.328 e. The van der Waals surface area contributed by atoms with Gasteiger partial charge >= 0.3 is 5.97 Å². The molecule has 2 aliphatic rings. The molecular weight excluding hydrogens is 356 g/mol. The Morgan fingerprint density at radius 2 is 1.96 bits per heavy atom. The van der Waals surface area contributed by atoms with Crippen molar-refractivity contribution in [3.05, 3.63) is 34.9 Å². The van der Waals surface area contributed by atoms with Crippen LogP contribution in [0.1, 0.15) is 50.3 Å². The third kappa shape index (κ3) is 3.46. The van der Waals surface area contributed by atoms with Gasteiger partial charge in [-0.1, -0.05) is 0 Å². The van der Waals surface area contributed by atoms with E-state index in [-0.39, 0.29) is 29.0 Å². The van der Waals surface area contributed by atoms with Crippen LogP contribution in [0, 0.1) is 0 Å². The van der Waals surface area contributed by atoms with Gasteiger partial charge in [0, 0.05) is 11.6 Å². The summed E-state index contributed by atoms with van der Waals surface area (Å²) in [7, 11) is 1.27. The van der Waals surface area contributed by atoms with Crippen LogP contribution in [0.5, 0.6) is 0 Å². The van der Waals surface area contributed by atoms with Crippen molar-refractivity contribution in [2.75, 3.05) is 19.1 Å². The van der Waals surface area contributed by atoms with Gasteiger partial charge in [-0.05, 0) is 49.5 Å². The standard InChI is InChI=1S/C18H20N2O5S/c1-25-18(24)14(7-8-26-2)19-15(21)10-3-6-12-13(9-10)17(23)20(16(12)22)11-4-5-11/h3,6,9,11,14H,4-5,7-8H2,1-2H3,(H,19,21). The Bertz CT molecular complexity index is 775. The van der Waals surface area contributed by atoms with Crippen molar-refractivity contribution < 1.29 is 23.9 Å². The predicted octanol–water partition coefficient (Wildman–Crippen LogP) is 1.47. The number of hydrogen-bond donors (Lipinski definition) is 1. The molecule has 8 heteroatoms. The largest absolute Gasteiger partial charge is 0.467 e. The fourth-order valence-electron chi connectivity index (χ4n) is 2.93. The average molecular weight is 376 g/mol. The Kier molecular flexibility index (Phi) is 5.31. The van der Waals surface area contributed by atoms with E-state index in [2.05, 4.69) is 5.32 Å². The Morgan fingerprint density at radius 1 is 1.27 bits per heavy atom. The van der Waals surface area contributed by atoms with Crippen molar-refractivity contribution >= 4 is 35.5 Å². The van der Waals surface area contributed by atoms with Crippen LogP contribution in [-0.2, 0) is 9.53 Å². The van der Waals surface area contributed by atoms with E-state index in [1.807, 2.05) is 6.26 Å². The number of rotatable bonds is 7. The molecule has 0 bridgehead atoms. The molecule has 1 heterocycles. The molecule has 1 N–H and O–H groups in total. The lowest BCUT2D eigenvalue weighted by Gasteiger charge is -2.16. The highest BCUT2D eigenvalue weighted by atomic mass is 32.2. The zero-order valence-electron chi connectivity index (χ0n) is 14.6. The van der Waals surface area contributed by atoms with Gasteiger partial charge < -0.3 is 10.1 Å². The lowest BCUT2D eigenvalue weighted by molar-refractivity contribution is -0.142. The number of nitrogens with zero attached hydrogens (tertiary/aromatic N) is 1. The first-order chi connectivity index (χ1) is 12.5. The zero-order valence-corrected chi connectivity index (χ0v) is 15.4.